The molecule has 2 heteroatoms. The Labute approximate surface area is 99.9 Å². The maximum atomic E-state index is 4.49. The second-order valence-corrected chi connectivity index (χ2v) is 10.1. The van der Waals surface area contributed by atoms with Crippen LogP contribution in [0.5, 0.6) is 0 Å². The van der Waals surface area contributed by atoms with Crippen molar-refractivity contribution in [3.63, 3.8) is 0 Å². The number of nitrogens with zero attached hydrogens (tertiary/aromatic N) is 1. The molecule has 0 unspecified atom stereocenters. The second kappa shape index (κ2) is 4.79. The van der Waals surface area contributed by atoms with Crippen molar-refractivity contribution in [1.29, 1.82) is 0 Å². The highest BCUT2D eigenvalue weighted by atomic mass is 28.3. The minimum atomic E-state index is -1.28. The molecule has 1 aromatic rings. The first-order valence-corrected chi connectivity index (χ1v) is 9.21. The van der Waals surface area contributed by atoms with Gasteiger partial charge in [-0.2, -0.15) is 0 Å². The maximum absolute atomic E-state index is 4.49. The van der Waals surface area contributed by atoms with Crippen molar-refractivity contribution in [3.05, 3.63) is 42.8 Å². The fourth-order valence-electron chi connectivity index (χ4n) is 1.75. The van der Waals surface area contributed by atoms with Crippen molar-refractivity contribution in [3.8, 4) is 0 Å². The van der Waals surface area contributed by atoms with Gasteiger partial charge in [0.2, 0.25) is 0 Å². The number of allylic oxidation sites excluding steroid dienone is 2. The van der Waals surface area contributed by atoms with E-state index in [1.54, 1.807) is 6.08 Å². The fourth-order valence-corrected chi connectivity index (χ4v) is 3.41. The van der Waals surface area contributed by atoms with Crippen molar-refractivity contribution < 1.29 is 0 Å². The Bertz CT molecular complexity index is 413. The zero-order chi connectivity index (χ0) is 12.3. The largest absolute Gasteiger partial charge is 0.256 e. The summed E-state index contributed by atoms with van der Waals surface area (Å²) in [5.41, 5.74) is 3.26. The molecule has 0 saturated carbocycles. The van der Waals surface area contributed by atoms with Gasteiger partial charge in [0.1, 0.15) is 0 Å². The maximum Gasteiger partial charge on any atom is 0.0799 e. The fraction of sp³-hybridized carbons (Fsp3) is 0.357. The van der Waals surface area contributed by atoms with Gasteiger partial charge in [-0.15, -0.1) is 0 Å². The van der Waals surface area contributed by atoms with Crippen LogP contribution in [-0.2, 0) is 6.42 Å². The minimum Gasteiger partial charge on any atom is -0.256 e. The van der Waals surface area contributed by atoms with E-state index in [1.807, 2.05) is 6.20 Å². The van der Waals surface area contributed by atoms with Crippen LogP contribution in [0.25, 0.3) is 5.57 Å². The molecular formula is C14H21NSi. The van der Waals surface area contributed by atoms with Crippen LogP contribution in [-0.4, -0.2) is 13.1 Å². The van der Waals surface area contributed by atoms with Gasteiger partial charge >= 0.3 is 0 Å². The molecule has 0 N–H and O–H groups in total. The Morgan fingerprint density at radius 3 is 2.50 bits per heavy atom. The third-order valence-corrected chi connectivity index (χ3v) is 4.82. The molecule has 0 atom stereocenters. The van der Waals surface area contributed by atoms with Crippen LogP contribution in [0.15, 0.2) is 31.5 Å². The van der Waals surface area contributed by atoms with Gasteiger partial charge in [-0.3, -0.25) is 4.98 Å². The van der Waals surface area contributed by atoms with Crippen molar-refractivity contribution in [2.24, 2.45) is 0 Å². The quantitative estimate of drug-likeness (QED) is 0.572. The molecule has 0 aliphatic rings. The first-order chi connectivity index (χ1) is 7.40. The summed E-state index contributed by atoms with van der Waals surface area (Å²) in [5.74, 6) is 0. The van der Waals surface area contributed by atoms with Gasteiger partial charge in [0, 0.05) is 6.20 Å². The van der Waals surface area contributed by atoms with Crippen LogP contribution in [0.4, 0.5) is 0 Å². The molecular weight excluding hydrogens is 210 g/mol. The first-order valence-electron chi connectivity index (χ1n) is 5.71. The average molecular weight is 231 g/mol. The molecule has 86 valence electrons. The van der Waals surface area contributed by atoms with E-state index in [4.69, 9.17) is 0 Å². The lowest BCUT2D eigenvalue weighted by molar-refractivity contribution is 1.12. The highest BCUT2D eigenvalue weighted by Gasteiger charge is 2.20. The molecule has 0 amide bonds. The highest BCUT2D eigenvalue weighted by molar-refractivity contribution is 6.89. The molecule has 0 bridgehead atoms. The van der Waals surface area contributed by atoms with Gasteiger partial charge in [-0.25, -0.2) is 0 Å². The minimum absolute atomic E-state index is 0.900. The second-order valence-electron chi connectivity index (χ2n) is 5.06. The lowest BCUT2D eigenvalue weighted by Gasteiger charge is -2.20. The molecule has 0 spiro atoms. The number of pyridine rings is 1. The molecule has 1 heterocycles. The summed E-state index contributed by atoms with van der Waals surface area (Å²) in [7, 11) is -1.28. The molecule has 0 radical (unpaired) electrons. The van der Waals surface area contributed by atoms with Crippen molar-refractivity contribution in [1.82, 2.24) is 4.98 Å². The van der Waals surface area contributed by atoms with Crippen LogP contribution < -0.4 is 5.19 Å². The van der Waals surface area contributed by atoms with E-state index in [0.717, 1.165) is 17.7 Å². The van der Waals surface area contributed by atoms with Crippen LogP contribution >= 0.6 is 0 Å². The van der Waals surface area contributed by atoms with Gasteiger partial charge in [0.25, 0.3) is 0 Å². The predicted octanol–water partition coefficient (Wildman–Crippen LogP) is 3.39. The van der Waals surface area contributed by atoms with Gasteiger partial charge in [-0.05, 0) is 28.8 Å². The zero-order valence-corrected chi connectivity index (χ0v) is 11.8. The topological polar surface area (TPSA) is 12.9 Å². The van der Waals surface area contributed by atoms with Gasteiger partial charge < -0.3 is 0 Å². The van der Waals surface area contributed by atoms with Gasteiger partial charge in [-0.1, -0.05) is 45.8 Å². The van der Waals surface area contributed by atoms with Crippen LogP contribution in [0.1, 0.15) is 18.2 Å². The van der Waals surface area contributed by atoms with E-state index in [2.05, 4.69) is 50.8 Å². The van der Waals surface area contributed by atoms with Crippen LogP contribution in [0.3, 0.4) is 0 Å². The Morgan fingerprint density at radius 2 is 2.06 bits per heavy atom. The molecule has 0 saturated heterocycles. The smallest absolute Gasteiger partial charge is 0.0799 e. The summed E-state index contributed by atoms with van der Waals surface area (Å²) in [6.07, 6.45) is 4.85. The van der Waals surface area contributed by atoms with Crippen molar-refractivity contribution >= 4 is 18.8 Å². The molecule has 1 rings (SSSR count). The van der Waals surface area contributed by atoms with E-state index in [1.165, 1.54) is 10.8 Å². The number of hydrogen-bond donors (Lipinski definition) is 0. The monoisotopic (exact) mass is 231 g/mol. The summed E-state index contributed by atoms with van der Waals surface area (Å²) in [4.78, 5) is 4.49. The van der Waals surface area contributed by atoms with Crippen molar-refractivity contribution in [2.75, 3.05) is 0 Å². The molecule has 1 nitrogen and oxygen atoms in total. The van der Waals surface area contributed by atoms with Crippen LogP contribution in [0, 0.1) is 0 Å². The number of aromatic nitrogens is 1. The van der Waals surface area contributed by atoms with Crippen LogP contribution in [0.2, 0.25) is 19.6 Å². The van der Waals surface area contributed by atoms with E-state index in [-0.39, 0.29) is 0 Å². The number of hydrogen-bond acceptors (Lipinski definition) is 1. The highest BCUT2D eigenvalue weighted by Crippen LogP contribution is 2.14. The normalized spacial score (nSPS) is 11.2. The summed E-state index contributed by atoms with van der Waals surface area (Å²) in [5, 5.41) is 1.45. The van der Waals surface area contributed by atoms with Crippen molar-refractivity contribution in [2.45, 2.75) is 33.0 Å². The zero-order valence-electron chi connectivity index (χ0n) is 10.8. The number of rotatable bonds is 4. The lowest BCUT2D eigenvalue weighted by Crippen LogP contribution is -2.40. The standard InChI is InChI=1S/C14H21NSi/c1-7-11(3)13-9-12(8-2)14(10-15-13)16(4,5)6/h7,9-10H,1,3,8H2,2,4-6H3. The molecule has 0 aliphatic heterocycles. The van der Waals surface area contributed by atoms with Gasteiger partial charge in [0.05, 0.1) is 13.8 Å². The summed E-state index contributed by atoms with van der Waals surface area (Å²) >= 11 is 0. The molecule has 1 aromatic heterocycles. The SMILES string of the molecule is C=CC(=C)c1cc(CC)c([Si](C)(C)C)cn1. The average Bonchev–Trinajstić information content (AvgIpc) is 2.25. The van der Waals surface area contributed by atoms with E-state index in [9.17, 15) is 0 Å². The lowest BCUT2D eigenvalue weighted by atomic mass is 10.1. The van der Waals surface area contributed by atoms with E-state index >= 15 is 0 Å². The summed E-state index contributed by atoms with van der Waals surface area (Å²) < 4.78 is 0. The van der Waals surface area contributed by atoms with Gasteiger partial charge in [0.15, 0.2) is 0 Å². The predicted molar refractivity (Wildman–Crippen MR) is 75.8 cm³/mol. The summed E-state index contributed by atoms with van der Waals surface area (Å²) in [6, 6.07) is 2.16. The Balaban J connectivity index is 3.27. The third-order valence-electron chi connectivity index (χ3n) is 2.75. The molecule has 0 fully saturated rings. The molecule has 0 aromatic carbocycles. The summed E-state index contributed by atoms with van der Waals surface area (Å²) in [6.45, 7) is 16.9. The first kappa shape index (κ1) is 12.9. The Morgan fingerprint density at radius 1 is 1.44 bits per heavy atom. The Hall–Kier alpha value is -1.15. The van der Waals surface area contributed by atoms with E-state index in [0.29, 0.717) is 0 Å². The Kier molecular flexibility index (Phi) is 3.86. The molecule has 0 aliphatic carbocycles. The third kappa shape index (κ3) is 2.70. The number of aryl methyl sites for hydroxylation is 1. The van der Waals surface area contributed by atoms with E-state index < -0.39 is 8.07 Å². The molecule has 16 heavy (non-hydrogen) atoms.